The minimum absolute atomic E-state index is 0.274. The van der Waals surface area contributed by atoms with Crippen LogP contribution in [0, 0.1) is 0 Å². The number of ketones is 1. The number of hydrogen-bond acceptors (Lipinski definition) is 3. The number of rotatable bonds is 8. The van der Waals surface area contributed by atoms with Gasteiger partial charge in [0, 0.05) is 31.4 Å². The van der Waals surface area contributed by atoms with Crippen LogP contribution in [0.5, 0.6) is 0 Å². The Morgan fingerprint density at radius 2 is 2.29 bits per heavy atom. The van der Waals surface area contributed by atoms with Crippen LogP contribution in [-0.2, 0) is 17.8 Å². The van der Waals surface area contributed by atoms with Crippen LogP contribution in [0.2, 0.25) is 0 Å². The molecule has 0 atom stereocenters. The molecule has 0 amide bonds. The van der Waals surface area contributed by atoms with Gasteiger partial charge in [0.2, 0.25) is 0 Å². The molecule has 1 aromatic heterocycles. The molecule has 4 heteroatoms. The predicted molar refractivity (Wildman–Crippen MR) is 69.0 cm³/mol. The highest BCUT2D eigenvalue weighted by Gasteiger charge is 2.08. The van der Waals surface area contributed by atoms with E-state index >= 15 is 0 Å². The van der Waals surface area contributed by atoms with Gasteiger partial charge in [0.25, 0.3) is 0 Å². The first-order valence-electron chi connectivity index (χ1n) is 6.38. The van der Waals surface area contributed by atoms with E-state index in [9.17, 15) is 4.79 Å². The molecule has 0 aromatic carbocycles. The number of carbonyl (C=O) groups excluding carboxylic acids is 1. The fourth-order valence-electron chi connectivity index (χ4n) is 1.74. The normalized spacial score (nSPS) is 11.1. The van der Waals surface area contributed by atoms with Gasteiger partial charge in [-0.1, -0.05) is 13.8 Å². The van der Waals surface area contributed by atoms with Gasteiger partial charge in [-0.25, -0.2) is 4.98 Å². The van der Waals surface area contributed by atoms with Crippen LogP contribution in [0.15, 0.2) is 12.4 Å². The Morgan fingerprint density at radius 3 is 2.94 bits per heavy atom. The third-order valence-corrected chi connectivity index (χ3v) is 2.68. The summed E-state index contributed by atoms with van der Waals surface area (Å²) in [6.07, 6.45) is 5.68. The Hall–Kier alpha value is -1.16. The maximum Gasteiger partial charge on any atom is 0.140 e. The molecule has 0 saturated carbocycles. The summed E-state index contributed by atoms with van der Waals surface area (Å²) in [6, 6.07) is 0.490. The summed E-state index contributed by atoms with van der Waals surface area (Å²) in [6.45, 7) is 8.06. The van der Waals surface area contributed by atoms with Gasteiger partial charge < -0.3 is 9.88 Å². The smallest absolute Gasteiger partial charge is 0.140 e. The summed E-state index contributed by atoms with van der Waals surface area (Å²) in [5, 5.41) is 3.31. The monoisotopic (exact) mass is 237 g/mol. The summed E-state index contributed by atoms with van der Waals surface area (Å²) < 4.78 is 2.02. The number of nitrogens with zero attached hydrogens (tertiary/aromatic N) is 2. The molecule has 1 aromatic rings. The maximum absolute atomic E-state index is 11.7. The fraction of sp³-hybridized carbons (Fsp3) is 0.692. The lowest BCUT2D eigenvalue weighted by Gasteiger charge is -2.07. The molecule has 96 valence electrons. The van der Waals surface area contributed by atoms with Crippen molar-refractivity contribution in [2.24, 2.45) is 0 Å². The van der Waals surface area contributed by atoms with Crippen molar-refractivity contribution in [1.29, 1.82) is 0 Å². The summed E-state index contributed by atoms with van der Waals surface area (Å²) in [7, 11) is 0. The molecule has 0 fully saturated rings. The molecule has 0 bridgehead atoms. The molecule has 0 spiro atoms. The van der Waals surface area contributed by atoms with Gasteiger partial charge in [-0.05, 0) is 19.9 Å². The molecule has 0 radical (unpaired) electrons. The number of nitrogens with one attached hydrogen (secondary N) is 1. The first kappa shape index (κ1) is 13.9. The van der Waals surface area contributed by atoms with Gasteiger partial charge in [-0.15, -0.1) is 0 Å². The Bertz CT molecular complexity index is 344. The number of aromatic nitrogens is 2. The van der Waals surface area contributed by atoms with Gasteiger partial charge in [-0.2, -0.15) is 0 Å². The minimum atomic E-state index is 0.274. The molecule has 4 nitrogen and oxygen atoms in total. The third kappa shape index (κ3) is 5.13. The van der Waals surface area contributed by atoms with Crippen molar-refractivity contribution in [3.8, 4) is 0 Å². The third-order valence-electron chi connectivity index (χ3n) is 2.68. The van der Waals surface area contributed by atoms with Crippen LogP contribution in [0.1, 0.15) is 39.4 Å². The van der Waals surface area contributed by atoms with Crippen molar-refractivity contribution in [1.82, 2.24) is 14.9 Å². The van der Waals surface area contributed by atoms with Crippen LogP contribution < -0.4 is 5.32 Å². The van der Waals surface area contributed by atoms with Crippen LogP contribution in [0.4, 0.5) is 0 Å². The number of hydrogen-bond donors (Lipinski definition) is 1. The van der Waals surface area contributed by atoms with Crippen LogP contribution in [0.25, 0.3) is 0 Å². The molecule has 1 heterocycles. The Morgan fingerprint density at radius 1 is 1.53 bits per heavy atom. The molecule has 0 aliphatic rings. The predicted octanol–water partition coefficient (Wildman–Crippen LogP) is 1.79. The summed E-state index contributed by atoms with van der Waals surface area (Å²) in [5.74, 6) is 1.16. The van der Waals surface area contributed by atoms with Gasteiger partial charge in [0.15, 0.2) is 0 Å². The van der Waals surface area contributed by atoms with Crippen LogP contribution >= 0.6 is 0 Å². The van der Waals surface area contributed by atoms with Gasteiger partial charge in [0.05, 0.1) is 6.42 Å². The largest absolute Gasteiger partial charge is 0.335 e. The zero-order valence-corrected chi connectivity index (χ0v) is 11.1. The molecular weight excluding hydrogens is 214 g/mol. The Balaban J connectivity index is 2.25. The zero-order chi connectivity index (χ0) is 12.7. The van der Waals surface area contributed by atoms with E-state index < -0.39 is 0 Å². The van der Waals surface area contributed by atoms with E-state index in [1.807, 2.05) is 10.8 Å². The van der Waals surface area contributed by atoms with E-state index in [1.165, 1.54) is 0 Å². The molecule has 0 saturated heterocycles. The molecule has 0 unspecified atom stereocenters. The van der Waals surface area contributed by atoms with E-state index in [1.54, 1.807) is 6.20 Å². The van der Waals surface area contributed by atoms with Crippen molar-refractivity contribution in [3.63, 3.8) is 0 Å². The first-order chi connectivity index (χ1) is 8.13. The van der Waals surface area contributed by atoms with E-state index in [4.69, 9.17) is 0 Å². The average Bonchev–Trinajstić information content (AvgIpc) is 2.71. The second kappa shape index (κ2) is 7.22. The molecule has 0 aliphatic carbocycles. The maximum atomic E-state index is 11.7. The number of carbonyl (C=O) groups is 1. The van der Waals surface area contributed by atoms with Gasteiger partial charge in [0.1, 0.15) is 11.6 Å². The second-order valence-electron chi connectivity index (χ2n) is 4.56. The standard InChI is InChI=1S/C13H23N3O/c1-4-16-9-8-15-13(16)10-12(17)6-5-7-14-11(2)3/h8-9,11,14H,4-7,10H2,1-3H3. The molecule has 1 rings (SSSR count). The quantitative estimate of drug-likeness (QED) is 0.701. The van der Waals surface area contributed by atoms with E-state index in [-0.39, 0.29) is 5.78 Å². The highest BCUT2D eigenvalue weighted by Crippen LogP contribution is 2.02. The number of imidazole rings is 1. The first-order valence-corrected chi connectivity index (χ1v) is 6.38. The molecular formula is C13H23N3O. The Kier molecular flexibility index (Phi) is 5.91. The van der Waals surface area contributed by atoms with Crippen molar-refractivity contribution in [3.05, 3.63) is 18.2 Å². The van der Waals surface area contributed by atoms with Gasteiger partial charge in [-0.3, -0.25) is 4.79 Å². The lowest BCUT2D eigenvalue weighted by atomic mass is 10.1. The summed E-state index contributed by atoms with van der Waals surface area (Å²) >= 11 is 0. The van der Waals surface area contributed by atoms with Crippen molar-refractivity contribution < 1.29 is 4.79 Å². The van der Waals surface area contributed by atoms with E-state index in [0.717, 1.165) is 25.3 Å². The lowest BCUT2D eigenvalue weighted by molar-refractivity contribution is -0.118. The SMILES string of the molecule is CCn1ccnc1CC(=O)CCCNC(C)C. The topological polar surface area (TPSA) is 46.9 Å². The summed E-state index contributed by atoms with van der Waals surface area (Å²) in [5.41, 5.74) is 0. The van der Waals surface area contributed by atoms with Crippen molar-refractivity contribution in [2.45, 2.75) is 52.6 Å². The van der Waals surface area contributed by atoms with E-state index in [0.29, 0.717) is 18.9 Å². The van der Waals surface area contributed by atoms with Crippen molar-refractivity contribution >= 4 is 5.78 Å². The molecule has 17 heavy (non-hydrogen) atoms. The average molecular weight is 237 g/mol. The zero-order valence-electron chi connectivity index (χ0n) is 11.1. The summed E-state index contributed by atoms with van der Waals surface area (Å²) in [4.78, 5) is 16.0. The number of aryl methyl sites for hydroxylation is 1. The highest BCUT2D eigenvalue weighted by atomic mass is 16.1. The lowest BCUT2D eigenvalue weighted by Crippen LogP contribution is -2.24. The highest BCUT2D eigenvalue weighted by molar-refractivity contribution is 5.80. The Labute approximate surface area is 103 Å². The second-order valence-corrected chi connectivity index (χ2v) is 4.56. The van der Waals surface area contributed by atoms with Crippen LogP contribution in [0.3, 0.4) is 0 Å². The van der Waals surface area contributed by atoms with E-state index in [2.05, 4.69) is 31.1 Å². The molecule has 0 aliphatic heterocycles. The van der Waals surface area contributed by atoms with Gasteiger partial charge >= 0.3 is 0 Å². The van der Waals surface area contributed by atoms with Crippen LogP contribution in [-0.4, -0.2) is 27.9 Å². The molecule has 1 N–H and O–H groups in total. The minimum Gasteiger partial charge on any atom is -0.335 e. The fourth-order valence-corrected chi connectivity index (χ4v) is 1.74. The number of Topliss-reactive ketones (excluding diaryl/α,β-unsaturated/α-hetero) is 1. The van der Waals surface area contributed by atoms with Crippen molar-refractivity contribution in [2.75, 3.05) is 6.54 Å².